The number of carbonyl (C=O) groups excluding carboxylic acids is 2. The van der Waals surface area contributed by atoms with E-state index >= 15 is 0 Å². The number of ether oxygens (including phenoxy) is 1. The molecule has 1 atom stereocenters. The maximum Gasteiger partial charge on any atom is 0.341 e. The second-order valence-corrected chi connectivity index (χ2v) is 7.70. The topological polar surface area (TPSA) is 72.0 Å². The second kappa shape index (κ2) is 8.47. The maximum atomic E-state index is 12.4. The van der Waals surface area contributed by atoms with Gasteiger partial charge in [-0.3, -0.25) is 4.79 Å². The number of nitrogens with one attached hydrogen (secondary N) is 1. The lowest BCUT2D eigenvalue weighted by Gasteiger charge is -2.12. The number of hydrogen-bond acceptors (Lipinski definition) is 4. The molecule has 0 aliphatic heterocycles. The zero-order chi connectivity index (χ0) is 18.5. The van der Waals surface area contributed by atoms with E-state index in [0.717, 1.165) is 31.2 Å². The predicted molar refractivity (Wildman–Crippen MR) is 103 cm³/mol. The van der Waals surface area contributed by atoms with Crippen LogP contribution in [0.3, 0.4) is 0 Å². The van der Waals surface area contributed by atoms with Gasteiger partial charge in [-0.1, -0.05) is 30.3 Å². The fourth-order valence-electron chi connectivity index (χ4n) is 3.33. The molecule has 5 nitrogen and oxygen atoms in total. The molecule has 0 fully saturated rings. The van der Waals surface area contributed by atoms with Gasteiger partial charge in [0.05, 0.1) is 12.7 Å². The van der Waals surface area contributed by atoms with E-state index in [1.54, 1.807) is 0 Å². The van der Waals surface area contributed by atoms with Crippen molar-refractivity contribution in [2.45, 2.75) is 38.6 Å². The molecule has 138 valence electrons. The van der Waals surface area contributed by atoms with E-state index in [1.165, 1.54) is 28.9 Å². The predicted octanol–water partition coefficient (Wildman–Crippen LogP) is 2.68. The molecule has 1 aromatic carbocycles. The molecule has 26 heavy (non-hydrogen) atoms. The minimum absolute atomic E-state index is 0.100. The number of amides is 1. The Labute approximate surface area is 157 Å². The number of carbonyl (C=O) groups is 2. The number of anilines is 1. The third-order valence-corrected chi connectivity index (χ3v) is 6.00. The highest BCUT2D eigenvalue weighted by molar-refractivity contribution is 7.17. The molecule has 1 aliphatic rings. The van der Waals surface area contributed by atoms with Gasteiger partial charge in [0.2, 0.25) is 0 Å². The Kier molecular flexibility index (Phi) is 6.06. The summed E-state index contributed by atoms with van der Waals surface area (Å²) in [6.07, 6.45) is 4.05. The summed E-state index contributed by atoms with van der Waals surface area (Å²) in [6, 6.07) is 10.3. The third kappa shape index (κ3) is 4.14. The van der Waals surface area contributed by atoms with Gasteiger partial charge in [-0.05, 0) is 38.2 Å². The van der Waals surface area contributed by atoms with Crippen LogP contribution in [0.5, 0.6) is 0 Å². The monoisotopic (exact) mass is 373 g/mol. The smallest absolute Gasteiger partial charge is 0.341 e. The van der Waals surface area contributed by atoms with Gasteiger partial charge in [0, 0.05) is 10.4 Å². The summed E-state index contributed by atoms with van der Waals surface area (Å²) in [5.74, 6) is -0.460. The number of esters is 1. The van der Waals surface area contributed by atoms with Crippen molar-refractivity contribution < 1.29 is 19.6 Å². The number of fused-ring (bicyclic) bond motifs is 1. The number of rotatable bonds is 6. The van der Waals surface area contributed by atoms with Crippen molar-refractivity contribution in [3.8, 4) is 0 Å². The molecule has 1 heterocycles. The van der Waals surface area contributed by atoms with Crippen molar-refractivity contribution in [2.75, 3.05) is 19.0 Å². The van der Waals surface area contributed by atoms with Crippen molar-refractivity contribution in [3.63, 3.8) is 0 Å². The van der Waals surface area contributed by atoms with Gasteiger partial charge in [-0.25, -0.2) is 4.79 Å². The Morgan fingerprint density at radius 3 is 2.69 bits per heavy atom. The van der Waals surface area contributed by atoms with E-state index in [4.69, 9.17) is 4.74 Å². The molecule has 0 unspecified atom stereocenters. The summed E-state index contributed by atoms with van der Waals surface area (Å²) in [5, 5.41) is 5.57. The molecular formula is C20H25N2O3S+. The summed E-state index contributed by atoms with van der Waals surface area (Å²) < 4.78 is 4.95. The molecule has 1 aromatic heterocycles. The van der Waals surface area contributed by atoms with Crippen LogP contribution < -0.4 is 10.6 Å². The minimum atomic E-state index is -0.360. The van der Waals surface area contributed by atoms with Crippen LogP contribution in [0.1, 0.15) is 52.2 Å². The summed E-state index contributed by atoms with van der Waals surface area (Å²) >= 11 is 1.52. The average Bonchev–Trinajstić information content (AvgIpc) is 3.03. The van der Waals surface area contributed by atoms with Crippen molar-refractivity contribution >= 4 is 28.2 Å². The molecule has 3 rings (SSSR count). The quantitative estimate of drug-likeness (QED) is 0.765. The molecule has 1 amide bonds. The second-order valence-electron chi connectivity index (χ2n) is 6.59. The van der Waals surface area contributed by atoms with Crippen molar-refractivity contribution in [1.82, 2.24) is 0 Å². The highest BCUT2D eigenvalue weighted by Crippen LogP contribution is 2.38. The first-order chi connectivity index (χ1) is 12.6. The van der Waals surface area contributed by atoms with Crippen LogP contribution in [0.2, 0.25) is 0 Å². The summed E-state index contributed by atoms with van der Waals surface area (Å²) in [5.41, 5.74) is 2.80. The van der Waals surface area contributed by atoms with Gasteiger partial charge < -0.3 is 15.4 Å². The molecular weight excluding hydrogens is 348 g/mol. The molecule has 0 saturated heterocycles. The van der Waals surface area contributed by atoms with E-state index in [1.807, 2.05) is 23.5 Å². The van der Waals surface area contributed by atoms with E-state index in [2.05, 4.69) is 24.4 Å². The van der Waals surface area contributed by atoms with Crippen LogP contribution in [0.4, 0.5) is 5.00 Å². The Morgan fingerprint density at radius 2 is 1.96 bits per heavy atom. The van der Waals surface area contributed by atoms with E-state index in [9.17, 15) is 9.59 Å². The molecule has 6 heteroatoms. The Bertz CT molecular complexity index is 786. The SMILES string of the molecule is COC(=O)c1c(NC(=O)C[NH2+][C@@H](C)c2ccccc2)sc2c1CCCC2. The summed E-state index contributed by atoms with van der Waals surface area (Å²) in [6.45, 7) is 2.38. The van der Waals surface area contributed by atoms with Gasteiger partial charge in [-0.15, -0.1) is 11.3 Å². The average molecular weight is 373 g/mol. The fraction of sp³-hybridized carbons (Fsp3) is 0.400. The van der Waals surface area contributed by atoms with Crippen LogP contribution in [-0.4, -0.2) is 25.5 Å². The minimum Gasteiger partial charge on any atom is -0.465 e. The van der Waals surface area contributed by atoms with Crippen LogP contribution in [0.15, 0.2) is 30.3 Å². The van der Waals surface area contributed by atoms with E-state index in [-0.39, 0.29) is 17.9 Å². The van der Waals surface area contributed by atoms with Gasteiger partial charge in [-0.2, -0.15) is 0 Å². The standard InChI is InChI=1S/C20H24N2O3S/c1-13(14-8-4-3-5-9-14)21-12-17(23)22-19-18(20(24)25-2)15-10-6-7-11-16(15)26-19/h3-5,8-9,13,21H,6-7,10-12H2,1-2H3,(H,22,23)/p+1/t13-/m0/s1. The normalized spacial score (nSPS) is 14.4. The fourth-order valence-corrected chi connectivity index (χ4v) is 4.62. The third-order valence-electron chi connectivity index (χ3n) is 4.80. The Balaban J connectivity index is 1.67. The van der Waals surface area contributed by atoms with Crippen molar-refractivity contribution in [1.29, 1.82) is 0 Å². The molecule has 3 N–H and O–H groups in total. The van der Waals surface area contributed by atoms with Gasteiger partial charge in [0.15, 0.2) is 6.54 Å². The number of thiophene rings is 1. The van der Waals surface area contributed by atoms with Crippen LogP contribution in [0, 0.1) is 0 Å². The zero-order valence-electron chi connectivity index (χ0n) is 15.2. The Hall–Kier alpha value is -2.18. The van der Waals surface area contributed by atoms with E-state index in [0.29, 0.717) is 17.1 Å². The molecule has 1 aliphatic carbocycles. The summed E-state index contributed by atoms with van der Waals surface area (Å²) in [7, 11) is 1.39. The lowest BCUT2D eigenvalue weighted by Crippen LogP contribution is -2.86. The first-order valence-electron chi connectivity index (χ1n) is 9.01. The van der Waals surface area contributed by atoms with Gasteiger partial charge >= 0.3 is 5.97 Å². The van der Waals surface area contributed by atoms with Gasteiger partial charge in [0.25, 0.3) is 5.91 Å². The largest absolute Gasteiger partial charge is 0.465 e. The summed E-state index contributed by atoms with van der Waals surface area (Å²) in [4.78, 5) is 25.9. The van der Waals surface area contributed by atoms with Crippen LogP contribution >= 0.6 is 11.3 Å². The first kappa shape index (κ1) is 18.6. The van der Waals surface area contributed by atoms with Crippen molar-refractivity contribution in [3.05, 3.63) is 51.9 Å². The molecule has 0 bridgehead atoms. The molecule has 0 spiro atoms. The highest BCUT2D eigenvalue weighted by Gasteiger charge is 2.27. The zero-order valence-corrected chi connectivity index (χ0v) is 16.0. The molecule has 0 radical (unpaired) electrons. The Morgan fingerprint density at radius 1 is 1.23 bits per heavy atom. The number of quaternary nitrogens is 1. The number of hydrogen-bond donors (Lipinski definition) is 2. The first-order valence-corrected chi connectivity index (χ1v) is 9.82. The maximum absolute atomic E-state index is 12.4. The lowest BCUT2D eigenvalue weighted by molar-refractivity contribution is -0.682. The van der Waals surface area contributed by atoms with E-state index < -0.39 is 0 Å². The lowest BCUT2D eigenvalue weighted by atomic mass is 9.95. The molecule has 0 saturated carbocycles. The number of nitrogens with two attached hydrogens (primary N) is 1. The van der Waals surface area contributed by atoms with Crippen LogP contribution in [-0.2, 0) is 22.4 Å². The number of aryl methyl sites for hydroxylation is 1. The number of benzene rings is 1. The van der Waals surface area contributed by atoms with Crippen molar-refractivity contribution in [2.24, 2.45) is 0 Å². The van der Waals surface area contributed by atoms with Gasteiger partial charge in [0.1, 0.15) is 11.0 Å². The highest BCUT2D eigenvalue weighted by atomic mass is 32.1. The number of methoxy groups -OCH3 is 1. The van der Waals surface area contributed by atoms with Crippen LogP contribution in [0.25, 0.3) is 0 Å². The molecule has 2 aromatic rings.